The van der Waals surface area contributed by atoms with Crippen LogP contribution in [0, 0.1) is 10.1 Å². The minimum Gasteiger partial charge on any atom is -0.475 e. The molecule has 0 bridgehead atoms. The summed E-state index contributed by atoms with van der Waals surface area (Å²) in [5.74, 6) is -1.33. The van der Waals surface area contributed by atoms with Gasteiger partial charge in [0.15, 0.2) is 11.9 Å². The van der Waals surface area contributed by atoms with Crippen LogP contribution in [-0.2, 0) is 9.59 Å². The van der Waals surface area contributed by atoms with Gasteiger partial charge in [-0.25, -0.2) is 0 Å². The van der Waals surface area contributed by atoms with E-state index in [1.54, 1.807) is 24.3 Å². The van der Waals surface area contributed by atoms with Crippen molar-refractivity contribution in [3.8, 4) is 5.75 Å². The number of anilines is 2. The highest BCUT2D eigenvalue weighted by Gasteiger charge is 2.41. The van der Waals surface area contributed by atoms with Gasteiger partial charge in [-0.15, -0.1) is 0 Å². The molecule has 0 fully saturated rings. The molecule has 1 aromatic heterocycles. The number of hydrogen-bond donors (Lipinski definition) is 1. The molecule has 0 saturated heterocycles. The third kappa shape index (κ3) is 3.68. The number of nitrogens with one attached hydrogen (secondary N) is 1. The van der Waals surface area contributed by atoms with Crippen LogP contribution in [-0.4, -0.2) is 33.9 Å². The fraction of sp³-hybridized carbons (Fsp3) is 0.235. The summed E-state index contributed by atoms with van der Waals surface area (Å²) in [6.07, 6.45) is -0.855. The van der Waals surface area contributed by atoms with Gasteiger partial charge in [-0.05, 0) is 54.1 Å². The van der Waals surface area contributed by atoms with Gasteiger partial charge in [0.25, 0.3) is 11.7 Å². The summed E-state index contributed by atoms with van der Waals surface area (Å²) >= 11 is 5.82. The molecule has 0 spiro atoms. The summed E-state index contributed by atoms with van der Waals surface area (Å²) in [5, 5.41) is 14.2. The predicted octanol–water partition coefficient (Wildman–Crippen LogP) is 2.78. The minimum absolute atomic E-state index is 0.0638. The van der Waals surface area contributed by atoms with E-state index in [0.717, 1.165) is 4.90 Å². The normalized spacial score (nSPS) is 16.9. The molecule has 27 heavy (non-hydrogen) atoms. The number of rotatable bonds is 4. The van der Waals surface area contributed by atoms with Crippen LogP contribution in [0.4, 0.5) is 17.3 Å². The molecule has 2 aromatic rings. The fourth-order valence-electron chi connectivity index (χ4n) is 2.60. The van der Waals surface area contributed by atoms with Crippen molar-refractivity contribution in [1.29, 1.82) is 0 Å². The molecule has 1 N–H and O–H groups in total. The molecule has 0 radical (unpaired) electrons. The number of benzene rings is 1. The molecule has 10 heteroatoms. The Morgan fingerprint density at radius 3 is 2.63 bits per heavy atom. The first-order chi connectivity index (χ1) is 12.8. The summed E-state index contributed by atoms with van der Waals surface area (Å²) in [6, 6.07) is 8.03. The Kier molecular flexibility index (Phi) is 4.95. The van der Waals surface area contributed by atoms with Gasteiger partial charge in [-0.3, -0.25) is 14.5 Å². The fourth-order valence-corrected chi connectivity index (χ4v) is 2.73. The third-order valence-corrected chi connectivity index (χ3v) is 4.26. The molecule has 1 aliphatic heterocycles. The number of carbonyl (C=O) groups is 2. The number of halogens is 1. The highest BCUT2D eigenvalue weighted by molar-refractivity contribution is 6.30. The van der Waals surface area contributed by atoms with E-state index in [1.165, 1.54) is 26.0 Å². The highest BCUT2D eigenvalue weighted by atomic mass is 35.5. The van der Waals surface area contributed by atoms with Gasteiger partial charge in [0.1, 0.15) is 6.04 Å². The maximum Gasteiger partial charge on any atom is 0.366 e. The van der Waals surface area contributed by atoms with Crippen LogP contribution in [0.3, 0.4) is 0 Å². The molecule has 140 valence electrons. The van der Waals surface area contributed by atoms with E-state index in [4.69, 9.17) is 16.3 Å². The summed E-state index contributed by atoms with van der Waals surface area (Å²) in [6.45, 7) is 3.04. The van der Waals surface area contributed by atoms with E-state index >= 15 is 0 Å². The lowest BCUT2D eigenvalue weighted by Crippen LogP contribution is -2.53. The average molecular weight is 391 g/mol. The van der Waals surface area contributed by atoms with Crippen molar-refractivity contribution in [1.82, 2.24) is 4.98 Å². The first kappa shape index (κ1) is 18.6. The number of nitro groups is 1. The number of hydrogen-bond acceptors (Lipinski definition) is 6. The molecular weight excluding hydrogens is 376 g/mol. The lowest BCUT2D eigenvalue weighted by molar-refractivity contribution is -0.389. The Morgan fingerprint density at radius 2 is 2.00 bits per heavy atom. The second-order valence-corrected chi connectivity index (χ2v) is 6.33. The molecule has 3 rings (SSSR count). The lowest BCUT2D eigenvalue weighted by atomic mass is 10.1. The van der Waals surface area contributed by atoms with E-state index in [9.17, 15) is 19.7 Å². The van der Waals surface area contributed by atoms with Crippen LogP contribution in [0.25, 0.3) is 0 Å². The molecule has 2 heterocycles. The highest BCUT2D eigenvalue weighted by Crippen LogP contribution is 2.35. The first-order valence-corrected chi connectivity index (χ1v) is 8.37. The van der Waals surface area contributed by atoms with Gasteiger partial charge < -0.3 is 20.2 Å². The van der Waals surface area contributed by atoms with Crippen molar-refractivity contribution in [2.75, 3.05) is 10.2 Å². The molecule has 2 atom stereocenters. The second-order valence-electron chi connectivity index (χ2n) is 5.89. The van der Waals surface area contributed by atoms with Crippen LogP contribution in [0.1, 0.15) is 13.8 Å². The topological polar surface area (TPSA) is 115 Å². The van der Waals surface area contributed by atoms with Gasteiger partial charge in [0, 0.05) is 16.8 Å². The SMILES string of the molecule is CC1Oc2ccc([N+](=O)[O-])nc2N(C(C)C(=O)Nc2ccc(Cl)cc2)C1=O. The largest absolute Gasteiger partial charge is 0.475 e. The smallest absolute Gasteiger partial charge is 0.366 e. The monoisotopic (exact) mass is 390 g/mol. The minimum atomic E-state index is -0.979. The van der Waals surface area contributed by atoms with Crippen molar-refractivity contribution in [2.45, 2.75) is 26.0 Å². The zero-order valence-corrected chi connectivity index (χ0v) is 15.1. The maximum absolute atomic E-state index is 12.6. The van der Waals surface area contributed by atoms with Gasteiger partial charge >= 0.3 is 5.82 Å². The van der Waals surface area contributed by atoms with E-state index < -0.39 is 34.7 Å². The van der Waals surface area contributed by atoms with Crippen molar-refractivity contribution < 1.29 is 19.2 Å². The van der Waals surface area contributed by atoms with Gasteiger partial charge in [0.2, 0.25) is 5.91 Å². The van der Waals surface area contributed by atoms with Crippen LogP contribution >= 0.6 is 11.6 Å². The summed E-state index contributed by atoms with van der Waals surface area (Å²) in [4.78, 5) is 40.6. The van der Waals surface area contributed by atoms with Crippen molar-refractivity contribution >= 4 is 40.7 Å². The van der Waals surface area contributed by atoms with Crippen LogP contribution in [0.15, 0.2) is 36.4 Å². The Balaban J connectivity index is 1.92. The molecule has 2 unspecified atom stereocenters. The molecule has 0 saturated carbocycles. The quantitative estimate of drug-likeness (QED) is 0.634. The molecule has 9 nitrogen and oxygen atoms in total. The zero-order chi connectivity index (χ0) is 19.7. The zero-order valence-electron chi connectivity index (χ0n) is 14.4. The number of carbonyl (C=O) groups excluding carboxylic acids is 2. The Morgan fingerprint density at radius 1 is 1.33 bits per heavy atom. The molecule has 0 aliphatic carbocycles. The number of fused-ring (bicyclic) bond motifs is 1. The average Bonchev–Trinajstić information content (AvgIpc) is 2.63. The number of pyridine rings is 1. The van der Waals surface area contributed by atoms with Crippen molar-refractivity contribution in [2.24, 2.45) is 0 Å². The van der Waals surface area contributed by atoms with Crippen LogP contribution < -0.4 is 15.0 Å². The predicted molar refractivity (Wildman–Crippen MR) is 98.0 cm³/mol. The van der Waals surface area contributed by atoms with E-state index in [-0.39, 0.29) is 11.6 Å². The molecule has 1 aromatic carbocycles. The van der Waals surface area contributed by atoms with Crippen LogP contribution in [0.5, 0.6) is 5.75 Å². The van der Waals surface area contributed by atoms with Crippen LogP contribution in [0.2, 0.25) is 5.02 Å². The molecule has 1 aliphatic rings. The van der Waals surface area contributed by atoms with E-state index in [2.05, 4.69) is 10.3 Å². The van der Waals surface area contributed by atoms with Gasteiger partial charge in [0.05, 0.1) is 0 Å². The second kappa shape index (κ2) is 7.20. The summed E-state index contributed by atoms with van der Waals surface area (Å²) < 4.78 is 5.45. The maximum atomic E-state index is 12.6. The van der Waals surface area contributed by atoms with E-state index in [0.29, 0.717) is 10.7 Å². The molecule has 2 amide bonds. The number of aromatic nitrogens is 1. The van der Waals surface area contributed by atoms with E-state index in [1.807, 2.05) is 0 Å². The van der Waals surface area contributed by atoms with Gasteiger partial charge in [-0.1, -0.05) is 11.6 Å². The van der Waals surface area contributed by atoms with Crippen molar-refractivity contribution in [3.05, 3.63) is 51.5 Å². The van der Waals surface area contributed by atoms with Gasteiger partial charge in [-0.2, -0.15) is 0 Å². The Bertz CT molecular complexity index is 918. The summed E-state index contributed by atoms with van der Waals surface area (Å²) in [5.41, 5.74) is 0.497. The lowest BCUT2D eigenvalue weighted by Gasteiger charge is -2.32. The number of ether oxygens (including phenoxy) is 1. The first-order valence-electron chi connectivity index (χ1n) is 7.99. The standard InChI is InChI=1S/C17H15ClN4O5/c1-9(16(23)19-12-5-3-11(18)4-6-12)21-15-13(27-10(2)17(21)24)7-8-14(20-15)22(25)26/h3-10H,1-2H3,(H,19,23). The van der Waals surface area contributed by atoms with Crippen molar-refractivity contribution in [3.63, 3.8) is 0 Å². The Hall–Kier alpha value is -3.20. The third-order valence-electron chi connectivity index (χ3n) is 4.01. The Labute approximate surface area is 159 Å². The molecular formula is C17H15ClN4O5. The number of nitrogens with zero attached hydrogens (tertiary/aromatic N) is 3. The summed E-state index contributed by atoms with van der Waals surface area (Å²) in [7, 11) is 0. The number of amides is 2.